The number of nitrogens with zero attached hydrogens (tertiary/aromatic N) is 3. The van der Waals surface area contributed by atoms with E-state index in [0.717, 1.165) is 10.9 Å². The lowest BCUT2D eigenvalue weighted by atomic mass is 10.0. The van der Waals surface area contributed by atoms with E-state index in [1.54, 1.807) is 41.9 Å². The van der Waals surface area contributed by atoms with Crippen molar-refractivity contribution < 1.29 is 9.59 Å². The number of nitriles is 1. The van der Waals surface area contributed by atoms with Crippen molar-refractivity contribution in [1.29, 1.82) is 5.26 Å². The third kappa shape index (κ3) is 2.75. The van der Waals surface area contributed by atoms with Crippen LogP contribution in [0.1, 0.15) is 10.5 Å². The highest BCUT2D eigenvalue weighted by atomic mass is 16.2. The lowest BCUT2D eigenvalue weighted by molar-refractivity contribution is -0.117. The number of carbonyl (C=O) groups is 2. The SMILES string of the molecule is Cn1c(C(=O)[C@@H](C#N)C(=O)Nc2ccccn2)cc2ccccc21. The monoisotopic (exact) mass is 318 g/mol. The van der Waals surface area contributed by atoms with E-state index in [0.29, 0.717) is 11.5 Å². The number of nitrogens with one attached hydrogen (secondary N) is 1. The van der Waals surface area contributed by atoms with Crippen molar-refractivity contribution >= 4 is 28.4 Å². The van der Waals surface area contributed by atoms with Gasteiger partial charge in [0.25, 0.3) is 5.91 Å². The van der Waals surface area contributed by atoms with Gasteiger partial charge in [-0.25, -0.2) is 4.98 Å². The van der Waals surface area contributed by atoms with E-state index >= 15 is 0 Å². The Balaban J connectivity index is 1.90. The van der Waals surface area contributed by atoms with Crippen LogP contribution in [-0.4, -0.2) is 21.2 Å². The van der Waals surface area contributed by atoms with Crippen LogP contribution in [0.25, 0.3) is 10.9 Å². The molecule has 6 nitrogen and oxygen atoms in total. The van der Waals surface area contributed by atoms with Crippen molar-refractivity contribution in [3.63, 3.8) is 0 Å². The van der Waals surface area contributed by atoms with E-state index in [1.807, 2.05) is 24.3 Å². The van der Waals surface area contributed by atoms with Gasteiger partial charge in [0.05, 0.1) is 11.8 Å². The molecule has 3 rings (SSSR count). The summed E-state index contributed by atoms with van der Waals surface area (Å²) in [5.74, 6) is -2.36. The molecule has 1 atom stereocenters. The highest BCUT2D eigenvalue weighted by Gasteiger charge is 2.30. The van der Waals surface area contributed by atoms with Gasteiger partial charge in [-0.2, -0.15) is 5.26 Å². The molecule has 0 aliphatic rings. The molecule has 118 valence electrons. The van der Waals surface area contributed by atoms with E-state index < -0.39 is 17.6 Å². The van der Waals surface area contributed by atoms with E-state index in [2.05, 4.69) is 10.3 Å². The number of anilines is 1. The Bertz CT molecular complexity index is 954. The second kappa shape index (κ2) is 6.34. The Morgan fingerprint density at radius 1 is 1.21 bits per heavy atom. The predicted octanol–water partition coefficient (Wildman–Crippen LogP) is 2.53. The minimum absolute atomic E-state index is 0.299. The number of benzene rings is 1. The number of aromatic nitrogens is 2. The van der Waals surface area contributed by atoms with Crippen molar-refractivity contribution in [3.8, 4) is 6.07 Å². The number of fused-ring (bicyclic) bond motifs is 1. The molecule has 1 N–H and O–H groups in total. The number of Topliss-reactive ketones (excluding diaryl/α,β-unsaturated/α-hetero) is 1. The lowest BCUT2D eigenvalue weighted by Gasteiger charge is -2.09. The second-order valence-corrected chi connectivity index (χ2v) is 5.28. The number of aryl methyl sites for hydroxylation is 1. The fourth-order valence-corrected chi connectivity index (χ4v) is 2.54. The standard InChI is InChI=1S/C18H14N4O2/c1-22-14-7-3-2-6-12(14)10-15(22)17(23)13(11-19)18(24)21-16-8-4-5-9-20-16/h2-10,13H,1H3,(H,20,21,24)/t13-/m1/s1. The summed E-state index contributed by atoms with van der Waals surface area (Å²) in [4.78, 5) is 28.9. The van der Waals surface area contributed by atoms with Crippen LogP contribution in [0.3, 0.4) is 0 Å². The molecule has 0 spiro atoms. The number of hydrogen-bond donors (Lipinski definition) is 1. The predicted molar refractivity (Wildman–Crippen MR) is 89.2 cm³/mol. The summed E-state index contributed by atoms with van der Waals surface area (Å²) in [6, 6.07) is 16.0. The first-order chi connectivity index (χ1) is 11.6. The van der Waals surface area contributed by atoms with Crippen LogP contribution in [0.2, 0.25) is 0 Å². The molecule has 1 aromatic carbocycles. The van der Waals surface area contributed by atoms with Crippen molar-refractivity contribution in [2.24, 2.45) is 13.0 Å². The summed E-state index contributed by atoms with van der Waals surface area (Å²) in [7, 11) is 1.74. The van der Waals surface area contributed by atoms with Gasteiger partial charge in [-0.05, 0) is 24.3 Å². The zero-order chi connectivity index (χ0) is 17.1. The topological polar surface area (TPSA) is 87.8 Å². The first-order valence-corrected chi connectivity index (χ1v) is 7.32. The normalized spacial score (nSPS) is 11.7. The van der Waals surface area contributed by atoms with Crippen molar-refractivity contribution in [3.05, 3.63) is 60.4 Å². The molecule has 24 heavy (non-hydrogen) atoms. The largest absolute Gasteiger partial charge is 0.341 e. The van der Waals surface area contributed by atoms with Crippen LogP contribution in [0.5, 0.6) is 0 Å². The molecule has 0 saturated carbocycles. The minimum Gasteiger partial charge on any atom is -0.341 e. The Hall–Kier alpha value is -3.46. The molecule has 0 fully saturated rings. The second-order valence-electron chi connectivity index (χ2n) is 5.28. The number of pyridine rings is 1. The van der Waals surface area contributed by atoms with Gasteiger partial charge < -0.3 is 9.88 Å². The van der Waals surface area contributed by atoms with E-state index in [4.69, 9.17) is 0 Å². The Morgan fingerprint density at radius 2 is 1.96 bits per heavy atom. The van der Waals surface area contributed by atoms with Crippen LogP contribution in [-0.2, 0) is 11.8 Å². The summed E-state index contributed by atoms with van der Waals surface area (Å²) in [6.07, 6.45) is 1.52. The fraction of sp³-hybridized carbons (Fsp3) is 0.111. The molecule has 0 radical (unpaired) electrons. The van der Waals surface area contributed by atoms with Gasteiger partial charge in [0.2, 0.25) is 5.78 Å². The van der Waals surface area contributed by atoms with Gasteiger partial charge in [0.15, 0.2) is 5.92 Å². The van der Waals surface area contributed by atoms with E-state index in [1.165, 1.54) is 6.20 Å². The molecular formula is C18H14N4O2. The Kier molecular flexibility index (Phi) is 4.08. The third-order valence-electron chi connectivity index (χ3n) is 3.77. The number of rotatable bonds is 4. The van der Waals surface area contributed by atoms with Crippen molar-refractivity contribution in [2.45, 2.75) is 0 Å². The van der Waals surface area contributed by atoms with Crippen LogP contribution in [0, 0.1) is 17.2 Å². The van der Waals surface area contributed by atoms with Gasteiger partial charge in [0, 0.05) is 24.1 Å². The maximum absolute atomic E-state index is 12.7. The number of para-hydroxylation sites is 1. The molecular weight excluding hydrogens is 304 g/mol. The molecule has 0 aliphatic heterocycles. The van der Waals surface area contributed by atoms with Gasteiger partial charge in [-0.1, -0.05) is 24.3 Å². The number of ketones is 1. The number of carbonyl (C=O) groups excluding carboxylic acids is 2. The summed E-state index contributed by atoms with van der Waals surface area (Å²) in [6.45, 7) is 0. The van der Waals surface area contributed by atoms with Gasteiger partial charge >= 0.3 is 0 Å². The molecule has 6 heteroatoms. The highest BCUT2D eigenvalue weighted by molar-refractivity contribution is 6.16. The average molecular weight is 318 g/mol. The molecule has 2 aromatic heterocycles. The summed E-state index contributed by atoms with van der Waals surface area (Å²) < 4.78 is 1.69. The number of amides is 1. The maximum atomic E-state index is 12.7. The molecule has 0 aliphatic carbocycles. The summed E-state index contributed by atoms with van der Waals surface area (Å²) in [5.41, 5.74) is 1.18. The Morgan fingerprint density at radius 3 is 2.62 bits per heavy atom. The smallest absolute Gasteiger partial charge is 0.250 e. The molecule has 0 bridgehead atoms. The van der Waals surface area contributed by atoms with Gasteiger partial charge in [0.1, 0.15) is 5.82 Å². The molecule has 1 amide bonds. The summed E-state index contributed by atoms with van der Waals surface area (Å²) in [5, 5.41) is 12.7. The fourth-order valence-electron chi connectivity index (χ4n) is 2.54. The van der Waals surface area contributed by atoms with Crippen molar-refractivity contribution in [1.82, 2.24) is 9.55 Å². The zero-order valence-electron chi connectivity index (χ0n) is 12.9. The van der Waals surface area contributed by atoms with E-state index in [-0.39, 0.29) is 0 Å². The van der Waals surface area contributed by atoms with Crippen LogP contribution < -0.4 is 5.32 Å². The number of hydrogen-bond acceptors (Lipinski definition) is 4. The van der Waals surface area contributed by atoms with Gasteiger partial charge in [-0.3, -0.25) is 9.59 Å². The molecule has 0 unspecified atom stereocenters. The van der Waals surface area contributed by atoms with Crippen LogP contribution >= 0.6 is 0 Å². The first kappa shape index (κ1) is 15.4. The van der Waals surface area contributed by atoms with Crippen LogP contribution in [0.4, 0.5) is 5.82 Å². The maximum Gasteiger partial charge on any atom is 0.250 e. The zero-order valence-corrected chi connectivity index (χ0v) is 12.9. The summed E-state index contributed by atoms with van der Waals surface area (Å²) >= 11 is 0. The first-order valence-electron chi connectivity index (χ1n) is 7.32. The van der Waals surface area contributed by atoms with Crippen LogP contribution in [0.15, 0.2) is 54.7 Å². The Labute approximate surface area is 138 Å². The minimum atomic E-state index is -1.44. The quantitative estimate of drug-likeness (QED) is 0.591. The lowest BCUT2D eigenvalue weighted by Crippen LogP contribution is -2.30. The third-order valence-corrected chi connectivity index (χ3v) is 3.77. The van der Waals surface area contributed by atoms with Crippen molar-refractivity contribution in [2.75, 3.05) is 5.32 Å². The van der Waals surface area contributed by atoms with E-state index in [9.17, 15) is 14.9 Å². The molecule has 2 heterocycles. The highest BCUT2D eigenvalue weighted by Crippen LogP contribution is 2.21. The van der Waals surface area contributed by atoms with Gasteiger partial charge in [-0.15, -0.1) is 0 Å². The molecule has 0 saturated heterocycles. The molecule has 3 aromatic rings. The average Bonchev–Trinajstić information content (AvgIpc) is 2.93.